The van der Waals surface area contributed by atoms with Gasteiger partial charge in [0.2, 0.25) is 0 Å². The lowest BCUT2D eigenvalue weighted by molar-refractivity contribution is -0.148. The van der Waals surface area contributed by atoms with Crippen LogP contribution in [0.5, 0.6) is 5.75 Å². The fourth-order valence-corrected chi connectivity index (χ4v) is 7.25. The fraction of sp³-hybridized carbons (Fsp3) is 0.370. The molecule has 1 fully saturated rings. The first-order valence-electron chi connectivity index (χ1n) is 12.8. The van der Waals surface area contributed by atoms with E-state index in [0.29, 0.717) is 0 Å². The molecule has 1 saturated heterocycles. The summed E-state index contributed by atoms with van der Waals surface area (Å²) in [6.45, 7) is 3.45. The number of benzene rings is 2. The van der Waals surface area contributed by atoms with E-state index in [9.17, 15) is 19.3 Å². The van der Waals surface area contributed by atoms with Gasteiger partial charge in [-0.2, -0.15) is 10.1 Å². The Kier molecular flexibility index (Phi) is 10.0. The van der Waals surface area contributed by atoms with Crippen LogP contribution in [-0.4, -0.2) is 44.6 Å². The van der Waals surface area contributed by atoms with Crippen molar-refractivity contribution >= 4 is 31.3 Å². The quantitative estimate of drug-likeness (QED) is 0.209. The number of carbonyl (C=O) groups is 1. The number of hydrogen-bond donors (Lipinski definition) is 3. The predicted octanol–water partition coefficient (Wildman–Crippen LogP) is 3.75. The van der Waals surface area contributed by atoms with Crippen molar-refractivity contribution in [3.8, 4) is 5.75 Å². The summed E-state index contributed by atoms with van der Waals surface area (Å²) in [6.07, 6.45) is 0.917. The van der Waals surface area contributed by atoms with Crippen LogP contribution < -0.4 is 21.0 Å². The molecule has 0 saturated carbocycles. The molecule has 2 aromatic carbocycles. The third-order valence-electron chi connectivity index (χ3n) is 6.19. The van der Waals surface area contributed by atoms with E-state index in [1.807, 2.05) is 30.3 Å². The number of nitrogens with zero attached hydrogens (tertiary/aromatic N) is 2. The number of rotatable bonds is 12. The van der Waals surface area contributed by atoms with Crippen LogP contribution in [-0.2, 0) is 25.2 Å². The number of nitrogens with two attached hydrogens (primary N) is 1. The molecule has 0 bridgehead atoms. The van der Waals surface area contributed by atoms with Gasteiger partial charge in [0.25, 0.3) is 0 Å². The van der Waals surface area contributed by atoms with Crippen LogP contribution in [0.3, 0.4) is 0 Å². The van der Waals surface area contributed by atoms with Gasteiger partial charge in [0.1, 0.15) is 24.2 Å². The van der Waals surface area contributed by atoms with Gasteiger partial charge in [-0.3, -0.25) is 13.9 Å². The molecular weight excluding hydrogens is 555 g/mol. The number of para-hydroxylation sites is 1. The number of esters is 1. The summed E-state index contributed by atoms with van der Waals surface area (Å²) in [5.74, 6) is -0.544. The third kappa shape index (κ3) is 7.96. The highest BCUT2D eigenvalue weighted by Crippen LogP contribution is 2.48. The van der Waals surface area contributed by atoms with Gasteiger partial charge < -0.3 is 20.1 Å². The number of thioether (sulfide) groups is 1. The fourth-order valence-electron chi connectivity index (χ4n) is 4.03. The van der Waals surface area contributed by atoms with Crippen LogP contribution in [0, 0.1) is 5.92 Å². The molecule has 1 aliphatic rings. The molecule has 1 aromatic heterocycles. The molecule has 2 heterocycles. The molecule has 1 aliphatic heterocycles. The number of nitrogens with one attached hydrogen (secondary N) is 1. The maximum absolute atomic E-state index is 14.0. The van der Waals surface area contributed by atoms with E-state index in [0.717, 1.165) is 5.56 Å². The Morgan fingerprint density at radius 1 is 1.18 bits per heavy atom. The second-order valence-corrected chi connectivity index (χ2v) is 12.7. The van der Waals surface area contributed by atoms with Gasteiger partial charge in [-0.15, -0.1) is 11.8 Å². The third-order valence-corrected chi connectivity index (χ3v) is 9.25. The highest BCUT2D eigenvalue weighted by molar-refractivity contribution is 8.00. The van der Waals surface area contributed by atoms with Crippen molar-refractivity contribution in [3.63, 3.8) is 0 Å². The average Bonchev–Trinajstić information content (AvgIpc) is 3.30. The Labute approximate surface area is 236 Å². The van der Waals surface area contributed by atoms with Gasteiger partial charge in [0.05, 0.1) is 23.3 Å². The minimum atomic E-state index is -4.16. The Balaban J connectivity index is 1.47. The standard InChI is InChI=1S/C27H33N4O7PS/c1-18(2)25(26(33)36-16-19-9-5-3-6-10-19)30-39(35,38-20-11-7-4-8-12-20)37-17-22-21(32)15-24(40-22)31-14-13-23(28)29-27(31)34/h3-14,18,21-22,24-25,32H,15-17H2,1-2H3,(H,30,35)(H2,28,29,34)/t21?,22-,24-,25+,39?/m1/s1. The largest absolute Gasteiger partial charge is 0.460 e. The van der Waals surface area contributed by atoms with Gasteiger partial charge in [-0.05, 0) is 29.7 Å². The number of anilines is 1. The predicted molar refractivity (Wildman–Crippen MR) is 153 cm³/mol. The van der Waals surface area contributed by atoms with E-state index in [1.165, 1.54) is 28.6 Å². The first kappa shape index (κ1) is 29.8. The van der Waals surface area contributed by atoms with Crippen molar-refractivity contribution in [2.24, 2.45) is 5.92 Å². The van der Waals surface area contributed by atoms with Crippen LogP contribution in [0.4, 0.5) is 5.82 Å². The molecule has 0 amide bonds. The molecular formula is C27H33N4O7PS. The molecule has 0 aliphatic carbocycles. The highest BCUT2D eigenvalue weighted by Gasteiger charge is 2.40. The topological polar surface area (TPSA) is 155 Å². The van der Waals surface area contributed by atoms with Crippen LogP contribution in [0.2, 0.25) is 0 Å². The summed E-state index contributed by atoms with van der Waals surface area (Å²) < 4.78 is 32.5. The zero-order chi connectivity index (χ0) is 28.7. The number of hydrogen-bond acceptors (Lipinski definition) is 10. The van der Waals surface area contributed by atoms with Crippen molar-refractivity contribution < 1.29 is 28.3 Å². The van der Waals surface area contributed by atoms with Crippen molar-refractivity contribution in [3.05, 3.63) is 89.0 Å². The lowest BCUT2D eigenvalue weighted by Crippen LogP contribution is -2.42. The number of aliphatic hydroxyl groups is 1. The number of carbonyl (C=O) groups excluding carboxylic acids is 1. The van der Waals surface area contributed by atoms with Crippen LogP contribution in [0.15, 0.2) is 77.7 Å². The minimum absolute atomic E-state index is 0.0565. The summed E-state index contributed by atoms with van der Waals surface area (Å²) >= 11 is 1.29. The number of ether oxygens (including phenoxy) is 1. The number of nitrogen functional groups attached to an aromatic ring is 1. The zero-order valence-electron chi connectivity index (χ0n) is 22.2. The van der Waals surface area contributed by atoms with Gasteiger partial charge in [-0.25, -0.2) is 9.36 Å². The van der Waals surface area contributed by atoms with Gasteiger partial charge in [0.15, 0.2) is 0 Å². The Morgan fingerprint density at radius 3 is 2.50 bits per heavy atom. The lowest BCUT2D eigenvalue weighted by Gasteiger charge is -2.27. The lowest BCUT2D eigenvalue weighted by atomic mass is 10.1. The van der Waals surface area contributed by atoms with E-state index in [2.05, 4.69) is 10.1 Å². The maximum atomic E-state index is 14.0. The smallest absolute Gasteiger partial charge is 0.459 e. The summed E-state index contributed by atoms with van der Waals surface area (Å²) in [6, 6.07) is 18.2. The summed E-state index contributed by atoms with van der Waals surface area (Å²) in [4.78, 5) is 29.1. The van der Waals surface area contributed by atoms with Crippen LogP contribution in [0.25, 0.3) is 0 Å². The number of aliphatic hydroxyl groups excluding tert-OH is 1. The Morgan fingerprint density at radius 2 is 1.85 bits per heavy atom. The Bertz CT molecular complexity index is 1380. The first-order chi connectivity index (χ1) is 19.1. The molecule has 5 atom stereocenters. The normalized spacial score (nSPS) is 21.1. The van der Waals surface area contributed by atoms with E-state index >= 15 is 0 Å². The van der Waals surface area contributed by atoms with Crippen molar-refractivity contribution in [1.82, 2.24) is 14.6 Å². The van der Waals surface area contributed by atoms with E-state index in [-0.39, 0.29) is 37.1 Å². The molecule has 11 nitrogen and oxygen atoms in total. The maximum Gasteiger partial charge on any atom is 0.459 e. The van der Waals surface area contributed by atoms with E-state index < -0.39 is 42.2 Å². The minimum Gasteiger partial charge on any atom is -0.460 e. The van der Waals surface area contributed by atoms with Crippen LogP contribution >= 0.6 is 19.5 Å². The molecule has 0 spiro atoms. The molecule has 0 radical (unpaired) electrons. The van der Waals surface area contributed by atoms with Crippen molar-refractivity contribution in [2.75, 3.05) is 12.3 Å². The second-order valence-electron chi connectivity index (χ2n) is 9.62. The summed E-state index contributed by atoms with van der Waals surface area (Å²) in [5, 5.41) is 12.5. The monoisotopic (exact) mass is 588 g/mol. The van der Waals surface area contributed by atoms with Gasteiger partial charge in [0, 0.05) is 12.6 Å². The Hall–Kier alpha value is -3.15. The van der Waals surface area contributed by atoms with Gasteiger partial charge >= 0.3 is 19.4 Å². The average molecular weight is 589 g/mol. The molecule has 214 valence electrons. The molecule has 4 rings (SSSR count). The van der Waals surface area contributed by atoms with Crippen molar-refractivity contribution in [2.45, 2.75) is 49.6 Å². The van der Waals surface area contributed by atoms with E-state index in [4.69, 9.17) is 19.5 Å². The van der Waals surface area contributed by atoms with Gasteiger partial charge in [-0.1, -0.05) is 62.4 Å². The first-order valence-corrected chi connectivity index (χ1v) is 15.3. The highest BCUT2D eigenvalue weighted by atomic mass is 32.2. The molecule has 13 heteroatoms. The van der Waals surface area contributed by atoms with Crippen molar-refractivity contribution in [1.29, 1.82) is 0 Å². The van der Waals surface area contributed by atoms with Crippen LogP contribution in [0.1, 0.15) is 31.2 Å². The SMILES string of the molecule is CC(C)[C@H](NP(=O)(OC[C@H]1S[C@@H](n2ccc(N)nc2=O)CC1O)Oc1ccccc1)C(=O)OCc1ccccc1. The molecule has 3 aromatic rings. The second kappa shape index (κ2) is 13.5. The summed E-state index contributed by atoms with van der Waals surface area (Å²) in [7, 11) is -4.16. The number of aromatic nitrogens is 2. The molecule has 2 unspecified atom stereocenters. The zero-order valence-corrected chi connectivity index (χ0v) is 23.9. The molecule has 4 N–H and O–H groups in total. The van der Waals surface area contributed by atoms with E-state index in [1.54, 1.807) is 44.2 Å². The summed E-state index contributed by atoms with van der Waals surface area (Å²) in [5.41, 5.74) is 5.87. The molecule has 40 heavy (non-hydrogen) atoms.